The number of aromatic nitrogens is 1. The first-order chi connectivity index (χ1) is 10.3. The van der Waals surface area contributed by atoms with Crippen molar-refractivity contribution < 1.29 is 0 Å². The van der Waals surface area contributed by atoms with E-state index in [1.807, 2.05) is 0 Å². The Morgan fingerprint density at radius 2 is 2.19 bits per heavy atom. The van der Waals surface area contributed by atoms with Gasteiger partial charge in [0.15, 0.2) is 0 Å². The monoisotopic (exact) mass is 284 g/mol. The average Bonchev–Trinajstić information content (AvgIpc) is 2.99. The molecular weight excluding hydrogens is 260 g/mol. The maximum atomic E-state index is 9.42. The van der Waals surface area contributed by atoms with Gasteiger partial charge in [-0.1, -0.05) is 6.92 Å². The van der Waals surface area contributed by atoms with Crippen LogP contribution in [-0.4, -0.2) is 31.2 Å². The van der Waals surface area contributed by atoms with E-state index < -0.39 is 0 Å². The Morgan fingerprint density at radius 1 is 1.38 bits per heavy atom. The van der Waals surface area contributed by atoms with Crippen molar-refractivity contribution in [3.8, 4) is 6.07 Å². The number of rotatable bonds is 4. The molecular formula is C17H24N4. The molecule has 1 aliphatic carbocycles. The van der Waals surface area contributed by atoms with E-state index in [0.29, 0.717) is 0 Å². The van der Waals surface area contributed by atoms with Crippen LogP contribution in [0.1, 0.15) is 43.0 Å². The third kappa shape index (κ3) is 3.03. The van der Waals surface area contributed by atoms with Crippen molar-refractivity contribution >= 4 is 5.82 Å². The first-order valence-electron chi connectivity index (χ1n) is 8.20. The molecule has 0 radical (unpaired) electrons. The predicted octanol–water partition coefficient (Wildman–Crippen LogP) is 2.27. The van der Waals surface area contributed by atoms with Gasteiger partial charge in [0.05, 0.1) is 5.56 Å². The molecule has 0 atom stereocenters. The Hall–Kier alpha value is -1.60. The molecule has 112 valence electrons. The van der Waals surface area contributed by atoms with Crippen molar-refractivity contribution in [2.24, 2.45) is 5.92 Å². The summed E-state index contributed by atoms with van der Waals surface area (Å²) in [5, 5.41) is 12.9. The zero-order valence-electron chi connectivity index (χ0n) is 12.9. The molecule has 2 heterocycles. The van der Waals surface area contributed by atoms with Crippen LogP contribution in [0.5, 0.6) is 0 Å². The number of hydrogen-bond donors (Lipinski definition) is 1. The Balaban J connectivity index is 1.72. The van der Waals surface area contributed by atoms with Gasteiger partial charge in [0.2, 0.25) is 0 Å². The molecule has 3 rings (SSSR count). The number of fused-ring (bicyclic) bond motifs is 1. The van der Waals surface area contributed by atoms with E-state index in [0.717, 1.165) is 56.3 Å². The predicted molar refractivity (Wildman–Crippen MR) is 84.5 cm³/mol. The van der Waals surface area contributed by atoms with Gasteiger partial charge in [-0.15, -0.1) is 0 Å². The van der Waals surface area contributed by atoms with Gasteiger partial charge in [0.1, 0.15) is 11.9 Å². The summed E-state index contributed by atoms with van der Waals surface area (Å²) in [6.07, 6.45) is 5.72. The lowest BCUT2D eigenvalue weighted by molar-refractivity contribution is 0.385. The molecule has 4 heteroatoms. The number of hydrogen-bond acceptors (Lipinski definition) is 4. The van der Waals surface area contributed by atoms with Crippen LogP contribution in [0.2, 0.25) is 0 Å². The van der Waals surface area contributed by atoms with Crippen LogP contribution in [0.15, 0.2) is 6.07 Å². The minimum absolute atomic E-state index is 0.765. The zero-order chi connectivity index (χ0) is 14.7. The SMILES string of the molecule is CCNCC1CCN(c2nc3c(cc2C#N)CCC3)CC1. The first-order valence-corrected chi connectivity index (χ1v) is 8.20. The van der Waals surface area contributed by atoms with E-state index in [2.05, 4.69) is 29.3 Å². The number of nitriles is 1. The molecule has 4 nitrogen and oxygen atoms in total. The molecule has 0 bridgehead atoms. The summed E-state index contributed by atoms with van der Waals surface area (Å²) in [6, 6.07) is 4.43. The van der Waals surface area contributed by atoms with Crippen LogP contribution in [-0.2, 0) is 12.8 Å². The number of aryl methyl sites for hydroxylation is 2. The van der Waals surface area contributed by atoms with Gasteiger partial charge in [-0.2, -0.15) is 5.26 Å². The molecule has 0 spiro atoms. The Morgan fingerprint density at radius 3 is 2.90 bits per heavy atom. The van der Waals surface area contributed by atoms with E-state index in [1.165, 1.54) is 30.5 Å². The second-order valence-electron chi connectivity index (χ2n) is 6.17. The van der Waals surface area contributed by atoms with Crippen molar-refractivity contribution in [3.63, 3.8) is 0 Å². The Labute approximate surface area is 127 Å². The van der Waals surface area contributed by atoms with E-state index in [-0.39, 0.29) is 0 Å². The highest BCUT2D eigenvalue weighted by Crippen LogP contribution is 2.29. The minimum Gasteiger partial charge on any atom is -0.355 e. The number of anilines is 1. The summed E-state index contributed by atoms with van der Waals surface area (Å²) in [5.41, 5.74) is 3.27. The van der Waals surface area contributed by atoms with Gasteiger partial charge >= 0.3 is 0 Å². The smallest absolute Gasteiger partial charge is 0.146 e. The number of piperidine rings is 1. The van der Waals surface area contributed by atoms with E-state index in [1.54, 1.807) is 0 Å². The summed E-state index contributed by atoms with van der Waals surface area (Å²) in [7, 11) is 0. The highest BCUT2D eigenvalue weighted by atomic mass is 15.2. The molecule has 21 heavy (non-hydrogen) atoms. The quantitative estimate of drug-likeness (QED) is 0.921. The Bertz CT molecular complexity index is 538. The third-order valence-corrected chi connectivity index (χ3v) is 4.75. The van der Waals surface area contributed by atoms with Crippen molar-refractivity contribution in [2.45, 2.75) is 39.0 Å². The second-order valence-corrected chi connectivity index (χ2v) is 6.17. The number of pyridine rings is 1. The molecule has 0 unspecified atom stereocenters. The molecule has 2 aliphatic rings. The minimum atomic E-state index is 0.765. The maximum absolute atomic E-state index is 9.42. The summed E-state index contributed by atoms with van der Waals surface area (Å²) in [5.74, 6) is 1.70. The number of nitrogens with zero attached hydrogens (tertiary/aromatic N) is 3. The average molecular weight is 284 g/mol. The Kier molecular flexibility index (Phi) is 4.40. The summed E-state index contributed by atoms with van der Waals surface area (Å²) < 4.78 is 0. The highest BCUT2D eigenvalue weighted by molar-refractivity contribution is 5.57. The molecule has 1 fully saturated rings. The van der Waals surface area contributed by atoms with E-state index >= 15 is 0 Å². The van der Waals surface area contributed by atoms with Crippen molar-refractivity contribution in [3.05, 3.63) is 22.9 Å². The van der Waals surface area contributed by atoms with Crippen LogP contribution < -0.4 is 10.2 Å². The zero-order valence-corrected chi connectivity index (χ0v) is 12.9. The number of nitrogens with one attached hydrogen (secondary N) is 1. The van der Waals surface area contributed by atoms with Gasteiger partial charge in [-0.25, -0.2) is 4.98 Å². The lowest BCUT2D eigenvalue weighted by atomic mass is 9.96. The normalized spacial score (nSPS) is 18.6. The molecule has 0 saturated carbocycles. The molecule has 1 aliphatic heterocycles. The van der Waals surface area contributed by atoms with E-state index in [9.17, 15) is 5.26 Å². The molecule has 1 N–H and O–H groups in total. The van der Waals surface area contributed by atoms with Crippen LogP contribution in [0.25, 0.3) is 0 Å². The fourth-order valence-electron chi connectivity index (χ4n) is 3.48. The van der Waals surface area contributed by atoms with Gasteiger partial charge in [-0.3, -0.25) is 0 Å². The molecule has 1 saturated heterocycles. The van der Waals surface area contributed by atoms with Crippen LogP contribution in [0, 0.1) is 17.2 Å². The summed E-state index contributed by atoms with van der Waals surface area (Å²) in [6.45, 7) is 6.37. The van der Waals surface area contributed by atoms with Gasteiger partial charge in [0.25, 0.3) is 0 Å². The van der Waals surface area contributed by atoms with Gasteiger partial charge < -0.3 is 10.2 Å². The second kappa shape index (κ2) is 6.44. The lowest BCUT2D eigenvalue weighted by Gasteiger charge is -2.33. The first kappa shape index (κ1) is 14.3. The maximum Gasteiger partial charge on any atom is 0.146 e. The molecule has 0 amide bonds. The molecule has 1 aromatic heterocycles. The molecule has 1 aromatic rings. The van der Waals surface area contributed by atoms with Gasteiger partial charge in [0, 0.05) is 18.8 Å². The largest absolute Gasteiger partial charge is 0.355 e. The topological polar surface area (TPSA) is 52.0 Å². The van der Waals surface area contributed by atoms with Crippen molar-refractivity contribution in [1.29, 1.82) is 5.26 Å². The fraction of sp³-hybridized carbons (Fsp3) is 0.647. The van der Waals surface area contributed by atoms with Crippen LogP contribution >= 0.6 is 0 Å². The third-order valence-electron chi connectivity index (χ3n) is 4.75. The van der Waals surface area contributed by atoms with E-state index in [4.69, 9.17) is 4.98 Å². The van der Waals surface area contributed by atoms with Gasteiger partial charge in [-0.05, 0) is 62.7 Å². The lowest BCUT2D eigenvalue weighted by Crippen LogP contribution is -2.38. The summed E-state index contributed by atoms with van der Waals surface area (Å²) in [4.78, 5) is 7.14. The van der Waals surface area contributed by atoms with Crippen LogP contribution in [0.4, 0.5) is 5.82 Å². The van der Waals surface area contributed by atoms with Crippen LogP contribution in [0.3, 0.4) is 0 Å². The van der Waals surface area contributed by atoms with Crippen molar-refractivity contribution in [1.82, 2.24) is 10.3 Å². The van der Waals surface area contributed by atoms with Crippen molar-refractivity contribution in [2.75, 3.05) is 31.1 Å². The highest BCUT2D eigenvalue weighted by Gasteiger charge is 2.24. The standard InChI is InChI=1S/C17H24N4/c1-2-19-12-13-6-8-21(9-7-13)17-15(11-18)10-14-4-3-5-16(14)20-17/h10,13,19H,2-9,12H2,1H3. The summed E-state index contributed by atoms with van der Waals surface area (Å²) >= 11 is 0. The fourth-order valence-corrected chi connectivity index (χ4v) is 3.48. The molecule has 0 aromatic carbocycles.